The lowest BCUT2D eigenvalue weighted by atomic mass is 9.97. The van der Waals surface area contributed by atoms with Crippen molar-refractivity contribution >= 4 is 0 Å². The normalized spacial score (nSPS) is 10.7. The van der Waals surface area contributed by atoms with Crippen LogP contribution >= 0.6 is 0 Å². The van der Waals surface area contributed by atoms with Crippen LogP contribution in [0.4, 0.5) is 0 Å². The first-order valence-corrected chi connectivity index (χ1v) is 10.9. The fourth-order valence-corrected chi connectivity index (χ4v) is 4.06. The Morgan fingerprint density at radius 3 is 2.31 bits per heavy atom. The average molecular weight is 420 g/mol. The summed E-state index contributed by atoms with van der Waals surface area (Å²) in [6.45, 7) is 3.99. The van der Waals surface area contributed by atoms with Crippen LogP contribution in [0.25, 0.3) is 16.8 Å². The minimum Gasteiger partial charge on any atom is -0.269 e. The second-order valence-electron chi connectivity index (χ2n) is 7.84. The third kappa shape index (κ3) is 4.24. The highest BCUT2D eigenvalue weighted by Crippen LogP contribution is 2.24. The van der Waals surface area contributed by atoms with E-state index in [1.54, 1.807) is 4.57 Å². The first-order valence-electron chi connectivity index (χ1n) is 10.9. The molecular weight excluding hydrogens is 394 g/mol. The molecular formula is C28H25N3O. The van der Waals surface area contributed by atoms with Crippen LogP contribution in [0.2, 0.25) is 0 Å². The van der Waals surface area contributed by atoms with Crippen molar-refractivity contribution in [3.8, 4) is 22.9 Å². The maximum absolute atomic E-state index is 13.5. The van der Waals surface area contributed by atoms with E-state index < -0.39 is 0 Å². The molecule has 0 atom stereocenters. The fourth-order valence-electron chi connectivity index (χ4n) is 4.06. The van der Waals surface area contributed by atoms with Gasteiger partial charge in [-0.3, -0.25) is 9.36 Å². The standard InChI is InChI=1S/C28H25N3O/c1-3-9-27-26(28(32)31(20(2)30-27)24-11-5-4-6-12-24)18-21-14-16-22(17-15-21)25-13-8-7-10-23(25)19-29/h4-8,10-17H,3,9,18H2,1-2H3. The number of hydrogen-bond acceptors (Lipinski definition) is 3. The Hall–Kier alpha value is -3.97. The number of hydrogen-bond donors (Lipinski definition) is 0. The predicted molar refractivity (Wildman–Crippen MR) is 128 cm³/mol. The van der Waals surface area contributed by atoms with Crippen LogP contribution in [0.3, 0.4) is 0 Å². The predicted octanol–water partition coefficient (Wildman–Crippen LogP) is 5.62. The molecule has 3 aromatic carbocycles. The summed E-state index contributed by atoms with van der Waals surface area (Å²) in [6.07, 6.45) is 2.22. The number of aromatic nitrogens is 2. The molecule has 0 aliphatic rings. The van der Waals surface area contributed by atoms with Gasteiger partial charge < -0.3 is 0 Å². The molecule has 0 radical (unpaired) electrons. The van der Waals surface area contributed by atoms with Gasteiger partial charge in [0.15, 0.2) is 0 Å². The van der Waals surface area contributed by atoms with Crippen LogP contribution in [-0.2, 0) is 12.8 Å². The van der Waals surface area contributed by atoms with E-state index in [0.717, 1.165) is 46.5 Å². The zero-order chi connectivity index (χ0) is 22.5. The average Bonchev–Trinajstić information content (AvgIpc) is 2.83. The molecule has 0 saturated carbocycles. The summed E-state index contributed by atoms with van der Waals surface area (Å²) in [5, 5.41) is 9.39. The molecule has 0 aliphatic heterocycles. The molecule has 0 N–H and O–H groups in total. The Morgan fingerprint density at radius 2 is 1.62 bits per heavy atom. The highest BCUT2D eigenvalue weighted by atomic mass is 16.1. The summed E-state index contributed by atoms with van der Waals surface area (Å²) in [4.78, 5) is 18.4. The maximum atomic E-state index is 13.5. The lowest BCUT2D eigenvalue weighted by molar-refractivity contribution is 0.775. The molecule has 0 bridgehead atoms. The molecule has 4 nitrogen and oxygen atoms in total. The summed E-state index contributed by atoms with van der Waals surface area (Å²) < 4.78 is 1.70. The van der Waals surface area contributed by atoms with Crippen molar-refractivity contribution < 1.29 is 0 Å². The lowest BCUT2D eigenvalue weighted by Gasteiger charge is -2.15. The van der Waals surface area contributed by atoms with E-state index in [-0.39, 0.29) is 5.56 Å². The summed E-state index contributed by atoms with van der Waals surface area (Å²) in [5.74, 6) is 0.705. The van der Waals surface area contributed by atoms with Crippen molar-refractivity contribution in [3.63, 3.8) is 0 Å². The van der Waals surface area contributed by atoms with Gasteiger partial charge in [0.05, 0.1) is 23.0 Å². The number of aryl methyl sites for hydroxylation is 2. The van der Waals surface area contributed by atoms with E-state index in [1.165, 1.54) is 0 Å². The van der Waals surface area contributed by atoms with Crippen LogP contribution in [0.5, 0.6) is 0 Å². The van der Waals surface area contributed by atoms with Gasteiger partial charge in [0, 0.05) is 12.0 Å². The number of nitrogens with zero attached hydrogens (tertiary/aromatic N) is 3. The molecule has 4 heteroatoms. The highest BCUT2D eigenvalue weighted by molar-refractivity contribution is 5.70. The molecule has 0 amide bonds. The number of benzene rings is 3. The van der Waals surface area contributed by atoms with Gasteiger partial charge in [-0.2, -0.15) is 5.26 Å². The zero-order valence-electron chi connectivity index (χ0n) is 18.4. The van der Waals surface area contributed by atoms with Gasteiger partial charge in [0.1, 0.15) is 5.82 Å². The quantitative estimate of drug-likeness (QED) is 0.407. The molecule has 158 valence electrons. The molecule has 32 heavy (non-hydrogen) atoms. The van der Waals surface area contributed by atoms with Gasteiger partial charge in [-0.05, 0) is 48.2 Å². The summed E-state index contributed by atoms with van der Waals surface area (Å²) >= 11 is 0. The van der Waals surface area contributed by atoms with E-state index >= 15 is 0 Å². The third-order valence-corrected chi connectivity index (χ3v) is 5.62. The number of para-hydroxylation sites is 1. The second-order valence-corrected chi connectivity index (χ2v) is 7.84. The van der Waals surface area contributed by atoms with Crippen LogP contribution in [0, 0.1) is 18.3 Å². The van der Waals surface area contributed by atoms with E-state index in [4.69, 9.17) is 4.98 Å². The number of nitriles is 1. The minimum atomic E-state index is -0.00828. The van der Waals surface area contributed by atoms with Crippen LogP contribution in [0.1, 0.15) is 41.6 Å². The van der Waals surface area contributed by atoms with E-state index in [2.05, 4.69) is 13.0 Å². The van der Waals surface area contributed by atoms with Gasteiger partial charge in [-0.25, -0.2) is 4.98 Å². The molecule has 0 spiro atoms. The maximum Gasteiger partial charge on any atom is 0.261 e. The Kier molecular flexibility index (Phi) is 6.28. The van der Waals surface area contributed by atoms with Gasteiger partial charge in [0.25, 0.3) is 5.56 Å². The smallest absolute Gasteiger partial charge is 0.261 e. The minimum absolute atomic E-state index is 0.00828. The van der Waals surface area contributed by atoms with E-state index in [1.807, 2.05) is 85.8 Å². The molecule has 1 aromatic heterocycles. The first-order chi connectivity index (χ1) is 15.6. The van der Waals surface area contributed by atoms with Gasteiger partial charge >= 0.3 is 0 Å². The molecule has 1 heterocycles. The van der Waals surface area contributed by atoms with Crippen molar-refractivity contribution in [1.82, 2.24) is 9.55 Å². The fraction of sp³-hybridized carbons (Fsp3) is 0.179. The Bertz CT molecular complexity index is 1330. The monoisotopic (exact) mass is 419 g/mol. The Morgan fingerprint density at radius 1 is 0.938 bits per heavy atom. The van der Waals surface area contributed by atoms with Crippen molar-refractivity contribution in [2.24, 2.45) is 0 Å². The van der Waals surface area contributed by atoms with Crippen LogP contribution in [0.15, 0.2) is 83.7 Å². The summed E-state index contributed by atoms with van der Waals surface area (Å²) in [7, 11) is 0. The summed E-state index contributed by atoms with van der Waals surface area (Å²) in [5.41, 5.74) is 6.04. The lowest BCUT2D eigenvalue weighted by Crippen LogP contribution is -2.28. The highest BCUT2D eigenvalue weighted by Gasteiger charge is 2.16. The largest absolute Gasteiger partial charge is 0.269 e. The molecule has 0 unspecified atom stereocenters. The number of rotatable bonds is 6. The van der Waals surface area contributed by atoms with Gasteiger partial charge in [-0.15, -0.1) is 0 Å². The van der Waals surface area contributed by atoms with E-state index in [9.17, 15) is 10.1 Å². The molecule has 0 aliphatic carbocycles. The van der Waals surface area contributed by atoms with Gasteiger partial charge in [-0.1, -0.05) is 74.0 Å². The van der Waals surface area contributed by atoms with E-state index in [0.29, 0.717) is 17.8 Å². The van der Waals surface area contributed by atoms with Crippen molar-refractivity contribution in [2.75, 3.05) is 0 Å². The van der Waals surface area contributed by atoms with Crippen molar-refractivity contribution in [2.45, 2.75) is 33.1 Å². The SMILES string of the molecule is CCCc1nc(C)n(-c2ccccc2)c(=O)c1Cc1ccc(-c2ccccc2C#N)cc1. The molecule has 4 aromatic rings. The Balaban J connectivity index is 1.74. The molecule has 0 fully saturated rings. The zero-order valence-corrected chi connectivity index (χ0v) is 18.4. The topological polar surface area (TPSA) is 58.7 Å². The second kappa shape index (κ2) is 9.45. The van der Waals surface area contributed by atoms with Gasteiger partial charge in [0.2, 0.25) is 0 Å². The summed E-state index contributed by atoms with van der Waals surface area (Å²) in [6, 6.07) is 27.6. The third-order valence-electron chi connectivity index (χ3n) is 5.62. The molecule has 4 rings (SSSR count). The molecule has 0 saturated heterocycles. The van der Waals surface area contributed by atoms with Crippen LogP contribution in [-0.4, -0.2) is 9.55 Å². The first kappa shape index (κ1) is 21.3. The van der Waals surface area contributed by atoms with Crippen molar-refractivity contribution in [1.29, 1.82) is 5.26 Å². The Labute approximate surface area is 188 Å². The van der Waals surface area contributed by atoms with Crippen LogP contribution < -0.4 is 5.56 Å². The van der Waals surface area contributed by atoms with Crippen molar-refractivity contribution in [3.05, 3.63) is 117 Å².